The first-order valence-electron chi connectivity index (χ1n) is 9.74. The van der Waals surface area contributed by atoms with Crippen molar-refractivity contribution in [3.63, 3.8) is 0 Å². The molecule has 4 bridgehead atoms. The summed E-state index contributed by atoms with van der Waals surface area (Å²) >= 11 is 12.9. The van der Waals surface area contributed by atoms with Crippen LogP contribution >= 0.6 is 23.2 Å². The van der Waals surface area contributed by atoms with Crippen LogP contribution in [0.15, 0.2) is 35.4 Å². The molecule has 0 aliphatic heterocycles. The van der Waals surface area contributed by atoms with Crippen molar-refractivity contribution >= 4 is 35.3 Å². The number of alkyl halides is 2. The Kier molecular flexibility index (Phi) is 3.92. The minimum absolute atomic E-state index is 0.0345. The standard InChI is InChI=1S/C21H24Cl2N2O/c22-21(23)17(18(21)16-4-2-1-3-5-16)12-24-25-19(26)20-9-13-6-14(10-20)8-15(7-13)11-20/h1-5,12-15,17-18H,6-11H2,(H,25,26). The number of hydrogen-bond donors (Lipinski definition) is 1. The molecule has 1 aromatic rings. The number of nitrogens with zero attached hydrogens (tertiary/aromatic N) is 1. The van der Waals surface area contributed by atoms with Crippen LogP contribution in [-0.2, 0) is 4.79 Å². The predicted molar refractivity (Wildman–Crippen MR) is 104 cm³/mol. The zero-order valence-electron chi connectivity index (χ0n) is 14.7. The summed E-state index contributed by atoms with van der Waals surface area (Å²) in [6, 6.07) is 10.0. The highest BCUT2D eigenvalue weighted by Gasteiger charge is 2.63. The first kappa shape index (κ1) is 17.1. The van der Waals surface area contributed by atoms with E-state index in [4.69, 9.17) is 23.2 Å². The zero-order chi connectivity index (χ0) is 17.9. The Morgan fingerprint density at radius 1 is 1.04 bits per heavy atom. The van der Waals surface area contributed by atoms with Crippen LogP contribution in [0.2, 0.25) is 0 Å². The van der Waals surface area contributed by atoms with Crippen molar-refractivity contribution in [2.75, 3.05) is 0 Å². The molecule has 0 spiro atoms. The van der Waals surface area contributed by atoms with Crippen LogP contribution in [0, 0.1) is 29.1 Å². The molecular formula is C21H24Cl2N2O. The fraction of sp³-hybridized carbons (Fsp3) is 0.619. The van der Waals surface area contributed by atoms with E-state index < -0.39 is 4.33 Å². The number of nitrogens with one attached hydrogen (secondary N) is 1. The summed E-state index contributed by atoms with van der Waals surface area (Å²) in [6.07, 6.45) is 8.87. The molecule has 5 heteroatoms. The predicted octanol–water partition coefficient (Wildman–Crippen LogP) is 4.89. The molecule has 1 amide bonds. The molecule has 0 radical (unpaired) electrons. The Balaban J connectivity index is 1.25. The van der Waals surface area contributed by atoms with Crippen LogP contribution in [0.25, 0.3) is 0 Å². The number of hydrogen-bond acceptors (Lipinski definition) is 2. The molecule has 2 unspecified atom stereocenters. The van der Waals surface area contributed by atoms with Crippen LogP contribution in [0.3, 0.4) is 0 Å². The Morgan fingerprint density at radius 3 is 2.19 bits per heavy atom. The van der Waals surface area contributed by atoms with E-state index in [0.29, 0.717) is 0 Å². The van der Waals surface area contributed by atoms with Crippen LogP contribution in [-0.4, -0.2) is 16.5 Å². The molecule has 6 rings (SSSR count). The van der Waals surface area contributed by atoms with Gasteiger partial charge in [-0.25, -0.2) is 5.43 Å². The lowest BCUT2D eigenvalue weighted by Crippen LogP contribution is -2.52. The molecule has 1 aromatic carbocycles. The summed E-state index contributed by atoms with van der Waals surface area (Å²) < 4.78 is -0.837. The molecule has 5 aliphatic carbocycles. The smallest absolute Gasteiger partial charge is 0.246 e. The second-order valence-corrected chi connectivity index (χ2v) is 10.4. The first-order valence-corrected chi connectivity index (χ1v) is 10.5. The Labute approximate surface area is 164 Å². The molecule has 5 fully saturated rings. The molecule has 3 nitrogen and oxygen atoms in total. The van der Waals surface area contributed by atoms with Crippen LogP contribution < -0.4 is 5.43 Å². The number of carbonyl (C=O) groups is 1. The maximum atomic E-state index is 12.9. The Hall–Kier alpha value is -1.06. The van der Waals surface area contributed by atoms with Crippen molar-refractivity contribution in [2.45, 2.75) is 48.8 Å². The van der Waals surface area contributed by atoms with Crippen LogP contribution in [0.1, 0.15) is 50.0 Å². The van der Waals surface area contributed by atoms with Gasteiger partial charge in [-0.15, -0.1) is 23.2 Å². The number of amides is 1. The second-order valence-electron chi connectivity index (χ2n) is 9.01. The van der Waals surface area contributed by atoms with E-state index in [1.807, 2.05) is 30.3 Å². The lowest BCUT2D eigenvalue weighted by atomic mass is 9.49. The number of halogens is 2. The van der Waals surface area contributed by atoms with Gasteiger partial charge >= 0.3 is 0 Å². The topological polar surface area (TPSA) is 41.5 Å². The van der Waals surface area contributed by atoms with Gasteiger partial charge in [0.15, 0.2) is 0 Å². The number of benzene rings is 1. The maximum Gasteiger partial charge on any atom is 0.246 e. The largest absolute Gasteiger partial charge is 0.273 e. The van der Waals surface area contributed by atoms with Crippen molar-refractivity contribution < 1.29 is 4.79 Å². The molecule has 0 saturated heterocycles. The van der Waals surface area contributed by atoms with Crippen molar-refractivity contribution in [3.8, 4) is 0 Å². The zero-order valence-corrected chi connectivity index (χ0v) is 16.2. The fourth-order valence-corrected chi connectivity index (χ4v) is 7.07. The van der Waals surface area contributed by atoms with Gasteiger partial charge in [0.05, 0.1) is 5.41 Å². The SMILES string of the molecule is O=C(NN=CC1C(c2ccccc2)C1(Cl)Cl)C12CC3CC(CC(C3)C1)C2. The van der Waals surface area contributed by atoms with E-state index in [9.17, 15) is 4.79 Å². The maximum absolute atomic E-state index is 12.9. The average Bonchev–Trinajstić information content (AvgIpc) is 3.15. The Morgan fingerprint density at radius 2 is 1.62 bits per heavy atom. The van der Waals surface area contributed by atoms with E-state index in [0.717, 1.165) is 42.6 Å². The average molecular weight is 391 g/mol. The second kappa shape index (κ2) is 5.97. The molecule has 5 saturated carbocycles. The van der Waals surface area contributed by atoms with E-state index in [1.54, 1.807) is 6.21 Å². The van der Waals surface area contributed by atoms with E-state index >= 15 is 0 Å². The van der Waals surface area contributed by atoms with Gasteiger partial charge in [0.2, 0.25) is 5.91 Å². The number of rotatable bonds is 4. The minimum Gasteiger partial charge on any atom is -0.273 e. The minimum atomic E-state index is -0.837. The van der Waals surface area contributed by atoms with Gasteiger partial charge < -0.3 is 0 Å². The molecule has 26 heavy (non-hydrogen) atoms. The summed E-state index contributed by atoms with van der Waals surface area (Å²) in [5, 5.41) is 4.27. The normalized spacial score (nSPS) is 42.2. The van der Waals surface area contributed by atoms with Crippen molar-refractivity contribution in [1.29, 1.82) is 0 Å². The third kappa shape index (κ3) is 2.70. The van der Waals surface area contributed by atoms with E-state index in [1.165, 1.54) is 19.3 Å². The summed E-state index contributed by atoms with van der Waals surface area (Å²) in [6.45, 7) is 0. The van der Waals surface area contributed by atoms with Crippen LogP contribution in [0.4, 0.5) is 0 Å². The summed E-state index contributed by atoms with van der Waals surface area (Å²) in [5.41, 5.74) is 3.77. The number of hydrazone groups is 1. The molecule has 0 heterocycles. The van der Waals surface area contributed by atoms with Crippen LogP contribution in [0.5, 0.6) is 0 Å². The third-order valence-electron chi connectivity index (χ3n) is 7.19. The van der Waals surface area contributed by atoms with Gasteiger partial charge in [-0.05, 0) is 61.8 Å². The van der Waals surface area contributed by atoms with Crippen molar-refractivity contribution in [2.24, 2.45) is 34.2 Å². The van der Waals surface area contributed by atoms with Gasteiger partial charge in [0.1, 0.15) is 4.33 Å². The molecule has 5 aliphatic rings. The van der Waals surface area contributed by atoms with E-state index in [2.05, 4.69) is 10.5 Å². The summed E-state index contributed by atoms with van der Waals surface area (Å²) in [7, 11) is 0. The highest BCUT2D eigenvalue weighted by Crippen LogP contribution is 2.64. The lowest BCUT2D eigenvalue weighted by molar-refractivity contribution is -0.146. The number of carbonyl (C=O) groups excluding carboxylic acids is 1. The van der Waals surface area contributed by atoms with Crippen molar-refractivity contribution in [3.05, 3.63) is 35.9 Å². The highest BCUT2D eigenvalue weighted by molar-refractivity contribution is 6.53. The van der Waals surface area contributed by atoms with E-state index in [-0.39, 0.29) is 23.2 Å². The summed E-state index contributed by atoms with van der Waals surface area (Å²) in [5.74, 6) is 2.33. The highest BCUT2D eigenvalue weighted by atomic mass is 35.5. The fourth-order valence-electron chi connectivity index (χ4n) is 6.31. The molecule has 1 N–H and O–H groups in total. The quantitative estimate of drug-likeness (QED) is 0.443. The van der Waals surface area contributed by atoms with Gasteiger partial charge in [-0.2, -0.15) is 5.10 Å². The van der Waals surface area contributed by atoms with Gasteiger partial charge in [0, 0.05) is 18.1 Å². The van der Waals surface area contributed by atoms with Gasteiger partial charge in [-0.1, -0.05) is 30.3 Å². The first-order chi connectivity index (χ1) is 12.5. The molecule has 0 aromatic heterocycles. The molecule has 2 atom stereocenters. The Bertz CT molecular complexity index is 710. The van der Waals surface area contributed by atoms with Crippen molar-refractivity contribution in [1.82, 2.24) is 5.43 Å². The monoisotopic (exact) mass is 390 g/mol. The summed E-state index contributed by atoms with van der Waals surface area (Å²) in [4.78, 5) is 12.9. The lowest BCUT2D eigenvalue weighted by Gasteiger charge is -2.55. The third-order valence-corrected chi connectivity index (χ3v) is 8.16. The van der Waals surface area contributed by atoms with Gasteiger partial charge in [-0.3, -0.25) is 4.79 Å². The molecule has 138 valence electrons. The molecular weight excluding hydrogens is 367 g/mol. The van der Waals surface area contributed by atoms with Gasteiger partial charge in [0.25, 0.3) is 0 Å².